The zero-order valence-electron chi connectivity index (χ0n) is 12.3. The summed E-state index contributed by atoms with van der Waals surface area (Å²) < 4.78 is 0. The maximum Gasteiger partial charge on any atom is 0.241 e. The first-order valence-electron chi connectivity index (χ1n) is 7.64. The maximum atomic E-state index is 12.5. The predicted molar refractivity (Wildman–Crippen MR) is 74.1 cm³/mol. The minimum atomic E-state index is 0.0507. The molecule has 3 nitrogen and oxygen atoms in total. The Bertz CT molecular complexity index is 303. The molecule has 2 aliphatic rings. The van der Waals surface area contributed by atoms with E-state index in [1.54, 1.807) is 0 Å². The summed E-state index contributed by atoms with van der Waals surface area (Å²) in [6, 6.07) is 0.514. The molecule has 1 saturated heterocycles. The van der Waals surface area contributed by atoms with Crippen molar-refractivity contribution in [1.82, 2.24) is 10.2 Å². The SMILES string of the molecule is CCC1NC(C)N(C2CCCCC2C(C)C)C1=O. The third kappa shape index (κ3) is 2.42. The Morgan fingerprint density at radius 1 is 1.33 bits per heavy atom. The molecule has 4 unspecified atom stereocenters. The zero-order valence-corrected chi connectivity index (χ0v) is 12.3. The molecule has 18 heavy (non-hydrogen) atoms. The molecule has 0 spiro atoms. The molecule has 0 aromatic rings. The van der Waals surface area contributed by atoms with Crippen LogP contribution in [0.2, 0.25) is 0 Å². The van der Waals surface area contributed by atoms with Crippen LogP contribution in [0.25, 0.3) is 0 Å². The molecule has 2 rings (SSSR count). The third-order valence-electron chi connectivity index (χ3n) is 4.82. The molecule has 0 aromatic heterocycles. The second-order valence-electron chi connectivity index (χ2n) is 6.31. The summed E-state index contributed by atoms with van der Waals surface area (Å²) in [7, 11) is 0. The molecule has 4 atom stereocenters. The first kappa shape index (κ1) is 13.9. The first-order valence-corrected chi connectivity index (χ1v) is 7.64. The number of hydrogen-bond donors (Lipinski definition) is 1. The average Bonchev–Trinajstić information content (AvgIpc) is 2.64. The van der Waals surface area contributed by atoms with Crippen molar-refractivity contribution in [3.8, 4) is 0 Å². The fourth-order valence-corrected chi connectivity index (χ4v) is 3.82. The topological polar surface area (TPSA) is 32.3 Å². The average molecular weight is 252 g/mol. The summed E-state index contributed by atoms with van der Waals surface area (Å²) in [4.78, 5) is 14.6. The number of nitrogens with zero attached hydrogens (tertiary/aromatic N) is 1. The van der Waals surface area contributed by atoms with Crippen molar-refractivity contribution in [3.63, 3.8) is 0 Å². The van der Waals surface area contributed by atoms with Crippen molar-refractivity contribution in [3.05, 3.63) is 0 Å². The van der Waals surface area contributed by atoms with Gasteiger partial charge in [-0.25, -0.2) is 0 Å². The summed E-state index contributed by atoms with van der Waals surface area (Å²) in [6.07, 6.45) is 6.21. The van der Waals surface area contributed by atoms with E-state index in [9.17, 15) is 4.79 Å². The van der Waals surface area contributed by atoms with Gasteiger partial charge in [-0.1, -0.05) is 33.6 Å². The lowest BCUT2D eigenvalue weighted by atomic mass is 9.77. The quantitative estimate of drug-likeness (QED) is 0.837. The number of carbonyl (C=O) groups is 1. The van der Waals surface area contributed by atoms with Gasteiger partial charge in [-0.3, -0.25) is 10.1 Å². The van der Waals surface area contributed by atoms with Gasteiger partial charge in [0.05, 0.1) is 12.2 Å². The van der Waals surface area contributed by atoms with Crippen molar-refractivity contribution >= 4 is 5.91 Å². The molecule has 2 fully saturated rings. The molecule has 3 heteroatoms. The highest BCUT2D eigenvalue weighted by molar-refractivity contribution is 5.84. The van der Waals surface area contributed by atoms with Crippen LogP contribution in [-0.2, 0) is 4.79 Å². The standard InChI is InChI=1S/C15H28N2O/c1-5-13-15(18)17(11(4)16-13)14-9-7-6-8-12(14)10(2)3/h10-14,16H,5-9H2,1-4H3. The van der Waals surface area contributed by atoms with Crippen LogP contribution in [-0.4, -0.2) is 29.1 Å². The minimum absolute atomic E-state index is 0.0507. The first-order chi connectivity index (χ1) is 8.56. The van der Waals surface area contributed by atoms with Crippen LogP contribution in [0.5, 0.6) is 0 Å². The molecule has 0 aromatic carbocycles. The van der Waals surface area contributed by atoms with E-state index in [4.69, 9.17) is 0 Å². The van der Waals surface area contributed by atoms with Crippen LogP contribution in [0.3, 0.4) is 0 Å². The van der Waals surface area contributed by atoms with Gasteiger partial charge in [0.15, 0.2) is 0 Å². The zero-order chi connectivity index (χ0) is 13.3. The molecule has 1 aliphatic carbocycles. The third-order valence-corrected chi connectivity index (χ3v) is 4.82. The lowest BCUT2D eigenvalue weighted by molar-refractivity contribution is -0.134. The van der Waals surface area contributed by atoms with Crippen molar-refractivity contribution in [2.24, 2.45) is 11.8 Å². The number of rotatable bonds is 3. The Labute approximate surface area is 111 Å². The number of amides is 1. The largest absolute Gasteiger partial charge is 0.323 e. The minimum Gasteiger partial charge on any atom is -0.323 e. The van der Waals surface area contributed by atoms with Gasteiger partial charge in [0.1, 0.15) is 0 Å². The molecule has 1 heterocycles. The molecule has 1 saturated carbocycles. The molecular formula is C15H28N2O. The second kappa shape index (κ2) is 5.60. The van der Waals surface area contributed by atoms with Gasteiger partial charge in [0, 0.05) is 6.04 Å². The van der Waals surface area contributed by atoms with Crippen molar-refractivity contribution in [1.29, 1.82) is 0 Å². The van der Waals surface area contributed by atoms with Crippen LogP contribution in [0.1, 0.15) is 59.8 Å². The van der Waals surface area contributed by atoms with Gasteiger partial charge in [0.2, 0.25) is 5.91 Å². The Kier molecular flexibility index (Phi) is 4.31. The smallest absolute Gasteiger partial charge is 0.241 e. The van der Waals surface area contributed by atoms with Crippen LogP contribution in [0.15, 0.2) is 0 Å². The highest BCUT2D eigenvalue weighted by atomic mass is 16.2. The molecule has 0 bridgehead atoms. The summed E-state index contributed by atoms with van der Waals surface area (Å²) in [5, 5.41) is 3.44. The summed E-state index contributed by atoms with van der Waals surface area (Å²) >= 11 is 0. The Morgan fingerprint density at radius 2 is 2.00 bits per heavy atom. The predicted octanol–water partition coefficient (Wildman–Crippen LogP) is 2.76. The summed E-state index contributed by atoms with van der Waals surface area (Å²) in [5.41, 5.74) is 0. The number of nitrogens with one attached hydrogen (secondary N) is 1. The highest BCUT2D eigenvalue weighted by Gasteiger charge is 2.43. The fraction of sp³-hybridized carbons (Fsp3) is 0.933. The molecular weight excluding hydrogens is 224 g/mol. The van der Waals surface area contributed by atoms with Gasteiger partial charge in [-0.05, 0) is 38.0 Å². The number of hydrogen-bond acceptors (Lipinski definition) is 2. The van der Waals surface area contributed by atoms with E-state index in [1.807, 2.05) is 0 Å². The van der Waals surface area contributed by atoms with Crippen LogP contribution in [0, 0.1) is 11.8 Å². The van der Waals surface area contributed by atoms with Gasteiger partial charge in [-0.15, -0.1) is 0 Å². The normalized spacial score (nSPS) is 37.6. The van der Waals surface area contributed by atoms with Crippen LogP contribution in [0.4, 0.5) is 0 Å². The van der Waals surface area contributed by atoms with Gasteiger partial charge in [-0.2, -0.15) is 0 Å². The number of carbonyl (C=O) groups excluding carboxylic acids is 1. The Hall–Kier alpha value is -0.570. The van der Waals surface area contributed by atoms with E-state index in [0.717, 1.165) is 6.42 Å². The molecule has 0 radical (unpaired) electrons. The monoisotopic (exact) mass is 252 g/mol. The van der Waals surface area contributed by atoms with E-state index >= 15 is 0 Å². The Balaban J connectivity index is 2.15. The Morgan fingerprint density at radius 3 is 2.56 bits per heavy atom. The highest BCUT2D eigenvalue weighted by Crippen LogP contribution is 2.35. The van der Waals surface area contributed by atoms with E-state index < -0.39 is 0 Å². The van der Waals surface area contributed by atoms with Crippen molar-refractivity contribution in [2.75, 3.05) is 0 Å². The second-order valence-corrected chi connectivity index (χ2v) is 6.31. The molecule has 1 N–H and O–H groups in total. The van der Waals surface area contributed by atoms with E-state index in [-0.39, 0.29) is 12.2 Å². The van der Waals surface area contributed by atoms with Crippen LogP contribution >= 0.6 is 0 Å². The van der Waals surface area contributed by atoms with E-state index in [2.05, 4.69) is 37.9 Å². The maximum absolute atomic E-state index is 12.5. The summed E-state index contributed by atoms with van der Waals surface area (Å²) in [5.74, 6) is 1.70. The van der Waals surface area contributed by atoms with Crippen LogP contribution < -0.4 is 5.32 Å². The lowest BCUT2D eigenvalue weighted by Gasteiger charge is -2.41. The summed E-state index contributed by atoms with van der Waals surface area (Å²) in [6.45, 7) is 8.84. The fourth-order valence-electron chi connectivity index (χ4n) is 3.82. The van der Waals surface area contributed by atoms with Crippen molar-refractivity contribution < 1.29 is 4.79 Å². The lowest BCUT2D eigenvalue weighted by Crippen LogP contribution is -2.49. The molecule has 104 valence electrons. The van der Waals surface area contributed by atoms with Crippen molar-refractivity contribution in [2.45, 2.75) is 78.0 Å². The van der Waals surface area contributed by atoms with Gasteiger partial charge in [0.25, 0.3) is 0 Å². The van der Waals surface area contributed by atoms with E-state index in [1.165, 1.54) is 25.7 Å². The van der Waals surface area contributed by atoms with E-state index in [0.29, 0.717) is 23.8 Å². The molecule has 1 aliphatic heterocycles. The van der Waals surface area contributed by atoms with Gasteiger partial charge >= 0.3 is 0 Å². The van der Waals surface area contributed by atoms with Gasteiger partial charge < -0.3 is 4.90 Å². The molecule has 1 amide bonds.